The van der Waals surface area contributed by atoms with E-state index in [4.69, 9.17) is 9.72 Å². The molecule has 130 valence electrons. The molecule has 0 unspecified atom stereocenters. The van der Waals surface area contributed by atoms with E-state index in [0.29, 0.717) is 18.5 Å². The Labute approximate surface area is 151 Å². The van der Waals surface area contributed by atoms with Crippen molar-refractivity contribution in [2.24, 2.45) is 0 Å². The predicted octanol–water partition coefficient (Wildman–Crippen LogP) is 4.03. The van der Waals surface area contributed by atoms with Crippen LogP contribution < -0.4 is 5.56 Å². The van der Waals surface area contributed by atoms with Gasteiger partial charge in [0.1, 0.15) is 0 Å². The van der Waals surface area contributed by atoms with E-state index in [9.17, 15) is 4.79 Å². The van der Waals surface area contributed by atoms with Gasteiger partial charge < -0.3 is 4.74 Å². The molecule has 0 radical (unpaired) electrons. The van der Waals surface area contributed by atoms with Crippen LogP contribution in [0.5, 0.6) is 0 Å². The van der Waals surface area contributed by atoms with Gasteiger partial charge in [-0.2, -0.15) is 0 Å². The zero-order valence-corrected chi connectivity index (χ0v) is 15.4. The van der Waals surface area contributed by atoms with E-state index in [0.717, 1.165) is 22.8 Å². The van der Waals surface area contributed by atoms with Gasteiger partial charge in [0, 0.05) is 26.0 Å². The summed E-state index contributed by atoms with van der Waals surface area (Å²) in [4.78, 5) is 17.6. The quantitative estimate of drug-likeness (QED) is 0.365. The van der Waals surface area contributed by atoms with E-state index in [-0.39, 0.29) is 5.56 Å². The van der Waals surface area contributed by atoms with Gasteiger partial charge in [0.2, 0.25) is 0 Å². The zero-order chi connectivity index (χ0) is 17.6. The molecule has 0 spiro atoms. The van der Waals surface area contributed by atoms with Crippen LogP contribution in [0, 0.1) is 6.92 Å². The number of hydrogen-bond acceptors (Lipinski definition) is 4. The largest absolute Gasteiger partial charge is 0.385 e. The van der Waals surface area contributed by atoms with Crippen LogP contribution in [-0.4, -0.2) is 23.3 Å². The van der Waals surface area contributed by atoms with Gasteiger partial charge >= 0.3 is 0 Å². The molecule has 0 amide bonds. The van der Waals surface area contributed by atoms with Gasteiger partial charge in [-0.25, -0.2) is 4.98 Å². The summed E-state index contributed by atoms with van der Waals surface area (Å²) in [7, 11) is 1.68. The number of ether oxygens (including phenoxy) is 1. The molecule has 0 aliphatic heterocycles. The molecule has 2 aromatic carbocycles. The number of nitrogens with zero attached hydrogens (tertiary/aromatic N) is 2. The highest BCUT2D eigenvalue weighted by atomic mass is 32.2. The van der Waals surface area contributed by atoms with Gasteiger partial charge in [0.05, 0.1) is 10.9 Å². The van der Waals surface area contributed by atoms with Crippen molar-refractivity contribution in [3.8, 4) is 0 Å². The molecule has 0 atom stereocenters. The molecule has 0 N–H and O–H groups in total. The maximum atomic E-state index is 12.9. The molecule has 4 nitrogen and oxygen atoms in total. The third-order valence-corrected chi connectivity index (χ3v) is 5.05. The summed E-state index contributed by atoms with van der Waals surface area (Å²) in [6.07, 6.45) is 0.786. The fourth-order valence-electron chi connectivity index (χ4n) is 2.77. The maximum Gasteiger partial charge on any atom is 0.262 e. The number of aryl methyl sites for hydroxylation is 1. The minimum Gasteiger partial charge on any atom is -0.385 e. The molecule has 1 heterocycles. The standard InChI is InChI=1S/C20H22N2O2S/c1-15-7-5-8-16(13-15)14-25-20-21-18-10-4-3-9-17(18)19(23)22(20)11-6-12-24-2/h3-5,7-10,13H,6,11-12,14H2,1-2H3. The number of para-hydroxylation sites is 1. The van der Waals surface area contributed by atoms with Crippen molar-refractivity contribution >= 4 is 22.7 Å². The summed E-state index contributed by atoms with van der Waals surface area (Å²) in [6, 6.07) is 16.0. The van der Waals surface area contributed by atoms with Gasteiger partial charge in [0.15, 0.2) is 5.16 Å². The van der Waals surface area contributed by atoms with Crippen LogP contribution in [0.3, 0.4) is 0 Å². The van der Waals surface area contributed by atoms with Crippen LogP contribution in [0.2, 0.25) is 0 Å². The summed E-state index contributed by atoms with van der Waals surface area (Å²) < 4.78 is 6.91. The van der Waals surface area contributed by atoms with Crippen molar-refractivity contribution in [3.05, 3.63) is 70.0 Å². The lowest BCUT2D eigenvalue weighted by molar-refractivity contribution is 0.189. The summed E-state index contributed by atoms with van der Waals surface area (Å²) in [5.41, 5.74) is 3.24. The Hall–Kier alpha value is -2.11. The minimum absolute atomic E-state index is 0.0217. The monoisotopic (exact) mass is 354 g/mol. The Morgan fingerprint density at radius 2 is 2.00 bits per heavy atom. The highest BCUT2D eigenvalue weighted by Gasteiger charge is 2.11. The Morgan fingerprint density at radius 1 is 1.16 bits per heavy atom. The molecule has 0 bridgehead atoms. The van der Waals surface area contributed by atoms with Crippen LogP contribution in [0.1, 0.15) is 17.5 Å². The first-order chi connectivity index (χ1) is 12.2. The van der Waals surface area contributed by atoms with Gasteiger partial charge in [-0.3, -0.25) is 9.36 Å². The second-order valence-electron chi connectivity index (χ2n) is 5.99. The first kappa shape index (κ1) is 17.7. The van der Waals surface area contributed by atoms with E-state index in [1.807, 2.05) is 24.3 Å². The lowest BCUT2D eigenvalue weighted by Crippen LogP contribution is -2.24. The number of aromatic nitrogens is 2. The van der Waals surface area contributed by atoms with Gasteiger partial charge in [0.25, 0.3) is 5.56 Å². The summed E-state index contributed by atoms with van der Waals surface area (Å²) in [6.45, 7) is 3.32. The smallest absolute Gasteiger partial charge is 0.262 e. The predicted molar refractivity (Wildman–Crippen MR) is 103 cm³/mol. The van der Waals surface area contributed by atoms with Crippen molar-refractivity contribution in [1.82, 2.24) is 9.55 Å². The highest BCUT2D eigenvalue weighted by Crippen LogP contribution is 2.22. The molecule has 0 saturated heterocycles. The fraction of sp³-hybridized carbons (Fsp3) is 0.300. The zero-order valence-electron chi connectivity index (χ0n) is 14.6. The summed E-state index contributed by atoms with van der Waals surface area (Å²) in [5, 5.41) is 1.43. The van der Waals surface area contributed by atoms with Gasteiger partial charge in [-0.15, -0.1) is 0 Å². The molecule has 25 heavy (non-hydrogen) atoms. The molecule has 0 aliphatic carbocycles. The van der Waals surface area contributed by atoms with Crippen LogP contribution in [-0.2, 0) is 17.0 Å². The second kappa shape index (κ2) is 8.32. The SMILES string of the molecule is COCCCn1c(SCc2cccc(C)c2)nc2ccccc2c1=O. The van der Waals surface area contributed by atoms with E-state index < -0.39 is 0 Å². The number of benzene rings is 2. The Morgan fingerprint density at radius 3 is 2.80 bits per heavy atom. The molecule has 0 saturated carbocycles. The van der Waals surface area contributed by atoms with Crippen LogP contribution in [0.4, 0.5) is 0 Å². The van der Waals surface area contributed by atoms with Crippen LogP contribution >= 0.6 is 11.8 Å². The van der Waals surface area contributed by atoms with E-state index >= 15 is 0 Å². The normalized spacial score (nSPS) is 11.1. The molecule has 1 aromatic heterocycles. The Balaban J connectivity index is 1.93. The lowest BCUT2D eigenvalue weighted by Gasteiger charge is -2.13. The molecular formula is C20H22N2O2S. The molecular weight excluding hydrogens is 332 g/mol. The van der Waals surface area contributed by atoms with Crippen molar-refractivity contribution < 1.29 is 4.74 Å². The topological polar surface area (TPSA) is 44.1 Å². The summed E-state index contributed by atoms with van der Waals surface area (Å²) >= 11 is 1.61. The third-order valence-electron chi connectivity index (χ3n) is 4.01. The van der Waals surface area contributed by atoms with Crippen molar-refractivity contribution in [1.29, 1.82) is 0 Å². The van der Waals surface area contributed by atoms with E-state index in [1.165, 1.54) is 11.1 Å². The molecule has 5 heteroatoms. The number of fused-ring (bicyclic) bond motifs is 1. The summed E-state index contributed by atoms with van der Waals surface area (Å²) in [5.74, 6) is 0.788. The first-order valence-electron chi connectivity index (χ1n) is 8.36. The first-order valence-corrected chi connectivity index (χ1v) is 9.34. The van der Waals surface area contributed by atoms with Crippen molar-refractivity contribution in [2.75, 3.05) is 13.7 Å². The molecule has 0 aliphatic rings. The fourth-order valence-corrected chi connectivity index (χ4v) is 3.74. The van der Waals surface area contributed by atoms with Crippen LogP contribution in [0.25, 0.3) is 10.9 Å². The number of thioether (sulfide) groups is 1. The third kappa shape index (κ3) is 4.30. The minimum atomic E-state index is 0.0217. The highest BCUT2D eigenvalue weighted by molar-refractivity contribution is 7.98. The lowest BCUT2D eigenvalue weighted by atomic mass is 10.2. The van der Waals surface area contributed by atoms with Crippen molar-refractivity contribution in [3.63, 3.8) is 0 Å². The molecule has 3 rings (SSSR count). The van der Waals surface area contributed by atoms with Gasteiger partial charge in [-0.05, 0) is 31.0 Å². The van der Waals surface area contributed by atoms with Gasteiger partial charge in [-0.1, -0.05) is 53.7 Å². The van der Waals surface area contributed by atoms with Crippen molar-refractivity contribution in [2.45, 2.75) is 30.8 Å². The average Bonchev–Trinajstić information content (AvgIpc) is 2.62. The van der Waals surface area contributed by atoms with Crippen LogP contribution in [0.15, 0.2) is 58.5 Å². The average molecular weight is 354 g/mol. The molecule has 0 fully saturated rings. The number of hydrogen-bond donors (Lipinski definition) is 0. The Bertz CT molecular complexity index is 921. The van der Waals surface area contributed by atoms with E-state index in [2.05, 4.69) is 31.2 Å². The second-order valence-corrected chi connectivity index (χ2v) is 6.93. The molecule has 3 aromatic rings. The number of rotatable bonds is 7. The maximum absolute atomic E-state index is 12.9. The Kier molecular flexibility index (Phi) is 5.89. The van der Waals surface area contributed by atoms with E-state index in [1.54, 1.807) is 23.4 Å². The number of methoxy groups -OCH3 is 1.